The molecule has 4 heteroatoms. The summed E-state index contributed by atoms with van der Waals surface area (Å²) in [5.41, 5.74) is 5.43. The third kappa shape index (κ3) is 4.54. The predicted molar refractivity (Wildman–Crippen MR) is 68.7 cm³/mol. The van der Waals surface area contributed by atoms with Crippen LogP contribution in [0.4, 0.5) is 4.79 Å². The highest BCUT2D eigenvalue weighted by Gasteiger charge is 2.35. The molecule has 1 amide bonds. The molecule has 1 fully saturated rings. The maximum atomic E-state index is 12.0. The van der Waals surface area contributed by atoms with E-state index in [2.05, 4.69) is 13.8 Å². The quantitative estimate of drug-likeness (QED) is 0.767. The molecule has 4 nitrogen and oxygen atoms in total. The van der Waals surface area contributed by atoms with Gasteiger partial charge in [0.15, 0.2) is 0 Å². The van der Waals surface area contributed by atoms with Crippen LogP contribution in [-0.4, -0.2) is 36.2 Å². The smallest absolute Gasteiger partial charge is 0.410 e. The average Bonchev–Trinajstić information content (AvgIpc) is 2.12. The van der Waals surface area contributed by atoms with Crippen LogP contribution in [0, 0.1) is 11.3 Å². The van der Waals surface area contributed by atoms with E-state index in [1.54, 1.807) is 4.90 Å². The second-order valence-corrected chi connectivity index (χ2v) is 6.83. The molecule has 1 unspecified atom stereocenters. The summed E-state index contributed by atoms with van der Waals surface area (Å²) in [6.45, 7) is 12.1. The maximum absolute atomic E-state index is 12.0. The Morgan fingerprint density at radius 2 is 2.06 bits per heavy atom. The van der Waals surface area contributed by atoms with Gasteiger partial charge < -0.3 is 15.4 Å². The number of amides is 1. The summed E-state index contributed by atoms with van der Waals surface area (Å²) in [5.74, 6) is 0.381. The third-order valence-electron chi connectivity index (χ3n) is 2.92. The van der Waals surface area contributed by atoms with Crippen LogP contribution in [0.3, 0.4) is 0 Å². The van der Waals surface area contributed by atoms with Crippen molar-refractivity contribution in [3.63, 3.8) is 0 Å². The molecule has 1 saturated heterocycles. The number of nitrogens with zero attached hydrogens (tertiary/aromatic N) is 1. The van der Waals surface area contributed by atoms with E-state index in [4.69, 9.17) is 10.5 Å². The number of piperidine rings is 1. The molecule has 0 aromatic carbocycles. The average molecular weight is 242 g/mol. The SMILES string of the molecule is CC1(C)CC(CN)CN(C(=O)OC(C)(C)C)C1. The van der Waals surface area contributed by atoms with Crippen molar-refractivity contribution < 1.29 is 9.53 Å². The van der Waals surface area contributed by atoms with Gasteiger partial charge in [-0.15, -0.1) is 0 Å². The normalized spacial score (nSPS) is 24.6. The first kappa shape index (κ1) is 14.3. The predicted octanol–water partition coefficient (Wildman–Crippen LogP) is 2.23. The van der Waals surface area contributed by atoms with Gasteiger partial charge in [-0.2, -0.15) is 0 Å². The van der Waals surface area contributed by atoms with E-state index in [9.17, 15) is 4.79 Å². The molecule has 1 aliphatic rings. The van der Waals surface area contributed by atoms with E-state index in [1.807, 2.05) is 20.8 Å². The van der Waals surface area contributed by atoms with Crippen LogP contribution in [0.5, 0.6) is 0 Å². The zero-order valence-corrected chi connectivity index (χ0v) is 11.7. The topological polar surface area (TPSA) is 55.6 Å². The monoisotopic (exact) mass is 242 g/mol. The number of ether oxygens (including phenoxy) is 1. The molecule has 0 aromatic heterocycles. The molecule has 1 heterocycles. The van der Waals surface area contributed by atoms with Crippen LogP contribution in [0.25, 0.3) is 0 Å². The highest BCUT2D eigenvalue weighted by molar-refractivity contribution is 5.68. The van der Waals surface area contributed by atoms with Crippen molar-refractivity contribution in [1.29, 1.82) is 0 Å². The number of carbonyl (C=O) groups is 1. The van der Waals surface area contributed by atoms with Gasteiger partial charge in [0.05, 0.1) is 0 Å². The van der Waals surface area contributed by atoms with Gasteiger partial charge in [0.2, 0.25) is 0 Å². The molecule has 1 aliphatic heterocycles. The number of likely N-dealkylation sites (tertiary alicyclic amines) is 1. The molecule has 0 spiro atoms. The lowest BCUT2D eigenvalue weighted by atomic mass is 9.79. The van der Waals surface area contributed by atoms with Crippen molar-refractivity contribution >= 4 is 6.09 Å². The summed E-state index contributed by atoms with van der Waals surface area (Å²) >= 11 is 0. The van der Waals surface area contributed by atoms with Crippen molar-refractivity contribution in [2.75, 3.05) is 19.6 Å². The first-order chi connectivity index (χ1) is 7.63. The van der Waals surface area contributed by atoms with E-state index in [0.717, 1.165) is 19.5 Å². The number of hydrogen-bond donors (Lipinski definition) is 1. The lowest BCUT2D eigenvalue weighted by Gasteiger charge is -2.42. The molecule has 0 aromatic rings. The second-order valence-electron chi connectivity index (χ2n) is 6.83. The molecule has 0 radical (unpaired) electrons. The van der Waals surface area contributed by atoms with Crippen LogP contribution < -0.4 is 5.73 Å². The fourth-order valence-corrected chi connectivity index (χ4v) is 2.43. The third-order valence-corrected chi connectivity index (χ3v) is 2.92. The van der Waals surface area contributed by atoms with Gasteiger partial charge in [0.25, 0.3) is 0 Å². The van der Waals surface area contributed by atoms with E-state index < -0.39 is 5.60 Å². The molecule has 1 atom stereocenters. The lowest BCUT2D eigenvalue weighted by molar-refractivity contribution is -0.000153. The van der Waals surface area contributed by atoms with Gasteiger partial charge in [0.1, 0.15) is 5.60 Å². The minimum atomic E-state index is -0.434. The number of carbonyl (C=O) groups excluding carboxylic acids is 1. The van der Waals surface area contributed by atoms with E-state index in [0.29, 0.717) is 12.5 Å². The van der Waals surface area contributed by atoms with E-state index in [1.165, 1.54) is 0 Å². The van der Waals surface area contributed by atoms with Crippen LogP contribution in [0.2, 0.25) is 0 Å². The number of rotatable bonds is 1. The first-order valence-corrected chi connectivity index (χ1v) is 6.31. The van der Waals surface area contributed by atoms with Gasteiger partial charge in [-0.25, -0.2) is 4.79 Å². The minimum absolute atomic E-state index is 0.124. The molecular weight excluding hydrogens is 216 g/mol. The summed E-state index contributed by atoms with van der Waals surface area (Å²) in [6.07, 6.45) is 0.853. The number of hydrogen-bond acceptors (Lipinski definition) is 3. The van der Waals surface area contributed by atoms with E-state index >= 15 is 0 Å². The van der Waals surface area contributed by atoms with Gasteiger partial charge in [-0.1, -0.05) is 13.8 Å². The molecule has 17 heavy (non-hydrogen) atoms. The Balaban J connectivity index is 2.67. The summed E-state index contributed by atoms with van der Waals surface area (Å²) in [4.78, 5) is 13.8. The Morgan fingerprint density at radius 1 is 1.47 bits per heavy atom. The maximum Gasteiger partial charge on any atom is 0.410 e. The molecule has 0 saturated carbocycles. The van der Waals surface area contributed by atoms with Crippen LogP contribution in [0.1, 0.15) is 41.0 Å². The summed E-state index contributed by atoms with van der Waals surface area (Å²) in [7, 11) is 0. The van der Waals surface area contributed by atoms with Crippen LogP contribution in [-0.2, 0) is 4.74 Å². The van der Waals surface area contributed by atoms with Crippen molar-refractivity contribution in [1.82, 2.24) is 4.90 Å². The molecule has 0 bridgehead atoms. The first-order valence-electron chi connectivity index (χ1n) is 6.31. The summed E-state index contributed by atoms with van der Waals surface area (Å²) < 4.78 is 5.41. The van der Waals surface area contributed by atoms with Crippen LogP contribution >= 0.6 is 0 Å². The van der Waals surface area contributed by atoms with Crippen molar-refractivity contribution in [2.24, 2.45) is 17.1 Å². The van der Waals surface area contributed by atoms with Crippen molar-refractivity contribution in [2.45, 2.75) is 46.6 Å². The molecule has 1 rings (SSSR count). The standard InChI is InChI=1S/C13H26N2O2/c1-12(2,3)17-11(16)15-8-10(7-14)6-13(4,5)9-15/h10H,6-9,14H2,1-5H3. The molecule has 0 aliphatic carbocycles. The Kier molecular flexibility index (Phi) is 4.07. The molecule has 100 valence electrons. The zero-order chi connectivity index (χ0) is 13.3. The van der Waals surface area contributed by atoms with Crippen LogP contribution in [0.15, 0.2) is 0 Å². The lowest BCUT2D eigenvalue weighted by Crippen LogP contribution is -2.50. The van der Waals surface area contributed by atoms with Gasteiger partial charge in [-0.3, -0.25) is 0 Å². The van der Waals surface area contributed by atoms with Crippen molar-refractivity contribution in [3.8, 4) is 0 Å². The fraction of sp³-hybridized carbons (Fsp3) is 0.923. The van der Waals surface area contributed by atoms with Crippen molar-refractivity contribution in [3.05, 3.63) is 0 Å². The summed E-state index contributed by atoms with van der Waals surface area (Å²) in [5, 5.41) is 0. The Hall–Kier alpha value is -0.770. The second kappa shape index (κ2) is 4.84. The van der Waals surface area contributed by atoms with Gasteiger partial charge in [-0.05, 0) is 45.1 Å². The zero-order valence-electron chi connectivity index (χ0n) is 11.7. The Bertz CT molecular complexity index is 282. The summed E-state index contributed by atoms with van der Waals surface area (Å²) in [6, 6.07) is 0. The highest BCUT2D eigenvalue weighted by atomic mass is 16.6. The Morgan fingerprint density at radius 3 is 2.53 bits per heavy atom. The molecule has 2 N–H and O–H groups in total. The minimum Gasteiger partial charge on any atom is -0.444 e. The van der Waals surface area contributed by atoms with E-state index in [-0.39, 0.29) is 11.5 Å². The molecular formula is C13H26N2O2. The van der Waals surface area contributed by atoms with Gasteiger partial charge >= 0.3 is 6.09 Å². The fourth-order valence-electron chi connectivity index (χ4n) is 2.43. The Labute approximate surface area is 104 Å². The number of nitrogens with two attached hydrogens (primary N) is 1. The highest BCUT2D eigenvalue weighted by Crippen LogP contribution is 2.32. The van der Waals surface area contributed by atoms with Gasteiger partial charge in [0, 0.05) is 13.1 Å². The largest absolute Gasteiger partial charge is 0.444 e.